The highest BCUT2D eigenvalue weighted by Crippen LogP contribution is 1.98. The van der Waals surface area contributed by atoms with Crippen LogP contribution in [0.15, 0.2) is 0 Å². The number of carbonyl (C=O) groups is 3. The fourth-order valence-corrected chi connectivity index (χ4v) is 1.21. The summed E-state index contributed by atoms with van der Waals surface area (Å²) in [5, 5.41) is 13.9. The minimum atomic E-state index is -1.05. The first-order valence-corrected chi connectivity index (χ1v) is 5.80. The van der Waals surface area contributed by atoms with E-state index in [1.54, 1.807) is 13.8 Å². The molecule has 6 nitrogen and oxygen atoms in total. The Morgan fingerprint density at radius 2 is 1.71 bits per heavy atom. The summed E-state index contributed by atoms with van der Waals surface area (Å²) in [7, 11) is 0. The molecule has 0 aromatic rings. The summed E-state index contributed by atoms with van der Waals surface area (Å²) < 4.78 is 0. The Bertz CT molecular complexity index is 279. The van der Waals surface area contributed by atoms with Crippen LogP contribution >= 0.6 is 0 Å². The molecule has 0 aliphatic rings. The monoisotopic (exact) mass is 244 g/mol. The number of nitrogens with one attached hydrogen (secondary N) is 2. The maximum atomic E-state index is 11.1. The summed E-state index contributed by atoms with van der Waals surface area (Å²) in [6.07, 6.45) is 1.50. The average molecular weight is 244 g/mol. The van der Waals surface area contributed by atoms with Gasteiger partial charge in [0.25, 0.3) is 0 Å². The molecule has 0 aromatic heterocycles. The molecular formula is C11H20N2O4. The molecule has 17 heavy (non-hydrogen) atoms. The van der Waals surface area contributed by atoms with Gasteiger partial charge in [-0.1, -0.05) is 13.8 Å². The van der Waals surface area contributed by atoms with Crippen molar-refractivity contribution < 1.29 is 19.5 Å². The van der Waals surface area contributed by atoms with Gasteiger partial charge in [0.2, 0.25) is 11.8 Å². The van der Waals surface area contributed by atoms with Crippen LogP contribution in [-0.4, -0.2) is 35.5 Å². The van der Waals surface area contributed by atoms with E-state index in [2.05, 4.69) is 10.6 Å². The third kappa shape index (κ3) is 7.32. The summed E-state index contributed by atoms with van der Waals surface area (Å²) in [6, 6.07) is -0.874. The second-order valence-corrected chi connectivity index (χ2v) is 3.66. The zero-order valence-corrected chi connectivity index (χ0v) is 10.3. The molecule has 98 valence electrons. The highest BCUT2D eigenvalue weighted by molar-refractivity contribution is 5.83. The molecule has 6 heteroatoms. The normalized spacial score (nSPS) is 11.6. The molecule has 0 spiro atoms. The number of aliphatic carboxylic acids is 1. The molecular weight excluding hydrogens is 224 g/mol. The van der Waals surface area contributed by atoms with E-state index in [-0.39, 0.29) is 18.2 Å². The van der Waals surface area contributed by atoms with E-state index in [0.717, 1.165) is 0 Å². The fraction of sp³-hybridized carbons (Fsp3) is 0.727. The standard InChI is InChI=1S/C11H20N2O4/c1-3-9(14)12-7-5-6-8(11(16)17)13-10(15)4-2/h8H,3-7H2,1-2H3,(H,12,14)(H,13,15)(H,16,17)/t8-/m0/s1. The third-order valence-electron chi connectivity index (χ3n) is 2.27. The summed E-state index contributed by atoms with van der Waals surface area (Å²) in [4.78, 5) is 32.8. The first-order valence-electron chi connectivity index (χ1n) is 5.80. The lowest BCUT2D eigenvalue weighted by atomic mass is 10.1. The predicted molar refractivity (Wildman–Crippen MR) is 62.4 cm³/mol. The highest BCUT2D eigenvalue weighted by atomic mass is 16.4. The van der Waals surface area contributed by atoms with E-state index in [4.69, 9.17) is 5.11 Å². The maximum absolute atomic E-state index is 11.1. The van der Waals surface area contributed by atoms with Crippen LogP contribution in [0.1, 0.15) is 39.5 Å². The van der Waals surface area contributed by atoms with Gasteiger partial charge in [-0.15, -0.1) is 0 Å². The number of hydrogen-bond donors (Lipinski definition) is 3. The first-order chi connectivity index (χ1) is 8.01. The molecule has 0 rings (SSSR count). The summed E-state index contributed by atoms with van der Waals surface area (Å²) in [5.74, 6) is -1.39. The van der Waals surface area contributed by atoms with Gasteiger partial charge >= 0.3 is 5.97 Å². The van der Waals surface area contributed by atoms with E-state index in [0.29, 0.717) is 25.8 Å². The molecule has 0 radical (unpaired) electrons. The van der Waals surface area contributed by atoms with Gasteiger partial charge in [-0.2, -0.15) is 0 Å². The minimum absolute atomic E-state index is 0.0607. The van der Waals surface area contributed by atoms with E-state index in [9.17, 15) is 14.4 Å². The Hall–Kier alpha value is -1.59. The SMILES string of the molecule is CCC(=O)NCCC[C@H](NC(=O)CC)C(=O)O. The van der Waals surface area contributed by atoms with Crippen LogP contribution in [0.2, 0.25) is 0 Å². The number of carboxylic acids is 1. The van der Waals surface area contributed by atoms with Crippen molar-refractivity contribution in [2.75, 3.05) is 6.54 Å². The molecule has 0 saturated heterocycles. The van der Waals surface area contributed by atoms with Crippen molar-refractivity contribution in [3.8, 4) is 0 Å². The van der Waals surface area contributed by atoms with E-state index in [1.165, 1.54) is 0 Å². The highest BCUT2D eigenvalue weighted by Gasteiger charge is 2.18. The van der Waals surface area contributed by atoms with Crippen LogP contribution < -0.4 is 10.6 Å². The van der Waals surface area contributed by atoms with Crippen LogP contribution in [-0.2, 0) is 14.4 Å². The molecule has 2 amide bonds. The van der Waals surface area contributed by atoms with Gasteiger partial charge in [0.05, 0.1) is 0 Å². The van der Waals surface area contributed by atoms with Gasteiger partial charge < -0.3 is 15.7 Å². The molecule has 0 aromatic carbocycles. The number of carbonyl (C=O) groups excluding carboxylic acids is 2. The molecule has 0 fully saturated rings. The van der Waals surface area contributed by atoms with Crippen LogP contribution in [0, 0.1) is 0 Å². The lowest BCUT2D eigenvalue weighted by Crippen LogP contribution is -2.41. The fourth-order valence-electron chi connectivity index (χ4n) is 1.21. The number of amides is 2. The van der Waals surface area contributed by atoms with Crippen molar-refractivity contribution in [1.82, 2.24) is 10.6 Å². The summed E-state index contributed by atoms with van der Waals surface area (Å²) in [6.45, 7) is 3.84. The van der Waals surface area contributed by atoms with Crippen LogP contribution in [0.25, 0.3) is 0 Å². The average Bonchev–Trinajstić information content (AvgIpc) is 2.31. The lowest BCUT2D eigenvalue weighted by Gasteiger charge is -2.13. The number of rotatable bonds is 8. The van der Waals surface area contributed by atoms with Gasteiger partial charge in [0.15, 0.2) is 0 Å². The van der Waals surface area contributed by atoms with Crippen LogP contribution in [0.4, 0.5) is 0 Å². The van der Waals surface area contributed by atoms with Crippen LogP contribution in [0.5, 0.6) is 0 Å². The Morgan fingerprint density at radius 3 is 2.18 bits per heavy atom. The molecule has 0 unspecified atom stereocenters. The maximum Gasteiger partial charge on any atom is 0.326 e. The number of carboxylic acid groups (broad SMARTS) is 1. The molecule has 0 aliphatic carbocycles. The Morgan fingerprint density at radius 1 is 1.12 bits per heavy atom. The van der Waals surface area contributed by atoms with E-state index < -0.39 is 12.0 Å². The summed E-state index contributed by atoms with van der Waals surface area (Å²) >= 11 is 0. The zero-order valence-electron chi connectivity index (χ0n) is 10.3. The van der Waals surface area contributed by atoms with E-state index in [1.807, 2.05) is 0 Å². The van der Waals surface area contributed by atoms with Crippen molar-refractivity contribution in [2.24, 2.45) is 0 Å². The van der Waals surface area contributed by atoms with Gasteiger partial charge in [-0.25, -0.2) is 4.79 Å². The van der Waals surface area contributed by atoms with Gasteiger partial charge in [0, 0.05) is 19.4 Å². The molecule has 0 aliphatic heterocycles. The molecule has 3 N–H and O–H groups in total. The van der Waals surface area contributed by atoms with Crippen LogP contribution in [0.3, 0.4) is 0 Å². The van der Waals surface area contributed by atoms with Crippen molar-refractivity contribution >= 4 is 17.8 Å². The minimum Gasteiger partial charge on any atom is -0.480 e. The number of hydrogen-bond acceptors (Lipinski definition) is 3. The van der Waals surface area contributed by atoms with Crippen molar-refractivity contribution in [3.63, 3.8) is 0 Å². The van der Waals surface area contributed by atoms with Crippen molar-refractivity contribution in [2.45, 2.75) is 45.6 Å². The first kappa shape index (κ1) is 15.4. The lowest BCUT2D eigenvalue weighted by molar-refractivity contribution is -0.142. The summed E-state index contributed by atoms with van der Waals surface area (Å²) in [5.41, 5.74) is 0. The topological polar surface area (TPSA) is 95.5 Å². The molecule has 1 atom stereocenters. The second-order valence-electron chi connectivity index (χ2n) is 3.66. The van der Waals surface area contributed by atoms with Gasteiger partial charge in [-0.05, 0) is 12.8 Å². The van der Waals surface area contributed by atoms with Crippen molar-refractivity contribution in [3.05, 3.63) is 0 Å². The zero-order chi connectivity index (χ0) is 13.3. The quantitative estimate of drug-likeness (QED) is 0.534. The second kappa shape index (κ2) is 8.55. The predicted octanol–water partition coefficient (Wildman–Crippen LogP) is 0.272. The van der Waals surface area contributed by atoms with Gasteiger partial charge in [-0.3, -0.25) is 9.59 Å². The molecule has 0 heterocycles. The molecule has 0 bridgehead atoms. The largest absolute Gasteiger partial charge is 0.480 e. The Kier molecular flexibility index (Phi) is 7.75. The van der Waals surface area contributed by atoms with Crippen molar-refractivity contribution in [1.29, 1.82) is 0 Å². The third-order valence-corrected chi connectivity index (χ3v) is 2.27. The smallest absolute Gasteiger partial charge is 0.326 e. The molecule has 0 saturated carbocycles. The Labute approximate surface area is 101 Å². The Balaban J connectivity index is 3.90. The van der Waals surface area contributed by atoms with Gasteiger partial charge in [0.1, 0.15) is 6.04 Å². The van der Waals surface area contributed by atoms with E-state index >= 15 is 0 Å².